The van der Waals surface area contributed by atoms with E-state index in [0.717, 1.165) is 21.4 Å². The van der Waals surface area contributed by atoms with Gasteiger partial charge in [-0.3, -0.25) is 9.78 Å². The third-order valence-electron chi connectivity index (χ3n) is 4.33. The Bertz CT molecular complexity index is 878. The summed E-state index contributed by atoms with van der Waals surface area (Å²) in [7, 11) is 0. The van der Waals surface area contributed by atoms with E-state index in [1.54, 1.807) is 6.20 Å². The molecule has 3 aromatic rings. The van der Waals surface area contributed by atoms with Crippen molar-refractivity contribution in [1.29, 1.82) is 0 Å². The van der Waals surface area contributed by atoms with Crippen molar-refractivity contribution >= 4 is 27.5 Å². The molecule has 0 N–H and O–H groups in total. The Morgan fingerprint density at radius 1 is 0.958 bits per heavy atom. The first kappa shape index (κ1) is 15.1. The zero-order valence-electron chi connectivity index (χ0n) is 12.9. The molecule has 1 aromatic heterocycles. The van der Waals surface area contributed by atoms with E-state index in [2.05, 4.69) is 33.0 Å². The van der Waals surface area contributed by atoms with Crippen molar-refractivity contribution in [2.75, 3.05) is 4.90 Å². The summed E-state index contributed by atoms with van der Waals surface area (Å²) < 4.78 is 0.994. The van der Waals surface area contributed by atoms with Crippen molar-refractivity contribution in [3.05, 3.63) is 94.2 Å². The van der Waals surface area contributed by atoms with Gasteiger partial charge < -0.3 is 4.90 Å². The highest BCUT2D eigenvalue weighted by Crippen LogP contribution is 2.36. The maximum Gasteiger partial charge on any atom is 0.260 e. The van der Waals surface area contributed by atoms with E-state index < -0.39 is 0 Å². The van der Waals surface area contributed by atoms with Crippen LogP contribution in [-0.4, -0.2) is 10.9 Å². The van der Waals surface area contributed by atoms with Crippen LogP contribution in [0.2, 0.25) is 0 Å². The molecule has 0 spiro atoms. The highest BCUT2D eigenvalue weighted by atomic mass is 79.9. The van der Waals surface area contributed by atoms with Crippen LogP contribution in [0.4, 0.5) is 5.69 Å². The summed E-state index contributed by atoms with van der Waals surface area (Å²) in [4.78, 5) is 19.5. The van der Waals surface area contributed by atoms with E-state index in [1.807, 2.05) is 59.5 Å². The largest absolute Gasteiger partial charge is 0.300 e. The molecule has 0 bridgehead atoms. The zero-order valence-corrected chi connectivity index (χ0v) is 14.5. The monoisotopic (exact) mass is 378 g/mol. The molecule has 2 aromatic carbocycles. The van der Waals surface area contributed by atoms with Crippen LogP contribution < -0.4 is 4.90 Å². The summed E-state index contributed by atoms with van der Waals surface area (Å²) in [5.74, 6) is 0.000487. The van der Waals surface area contributed by atoms with Crippen LogP contribution in [0.15, 0.2) is 77.4 Å². The number of carbonyl (C=O) groups is 1. The molecule has 0 saturated heterocycles. The van der Waals surface area contributed by atoms with E-state index in [9.17, 15) is 4.79 Å². The van der Waals surface area contributed by atoms with E-state index in [-0.39, 0.29) is 11.9 Å². The molecule has 4 heteroatoms. The van der Waals surface area contributed by atoms with E-state index in [1.165, 1.54) is 0 Å². The van der Waals surface area contributed by atoms with Crippen molar-refractivity contribution in [3.63, 3.8) is 0 Å². The lowest BCUT2D eigenvalue weighted by Gasteiger charge is -2.36. The first-order valence-corrected chi connectivity index (χ1v) is 8.61. The van der Waals surface area contributed by atoms with E-state index >= 15 is 0 Å². The van der Waals surface area contributed by atoms with Crippen molar-refractivity contribution in [3.8, 4) is 0 Å². The van der Waals surface area contributed by atoms with Gasteiger partial charge in [0.25, 0.3) is 5.91 Å². The fraction of sp³-hybridized carbons (Fsp3) is 0.100. The molecular formula is C20H15BrN2O. The number of benzene rings is 2. The Hall–Kier alpha value is -2.46. The number of hydrogen-bond donors (Lipinski definition) is 0. The molecule has 0 aliphatic carbocycles. The molecule has 1 atom stereocenters. The maximum absolute atomic E-state index is 13.2. The maximum atomic E-state index is 13.2. The standard InChI is InChI=1S/C20H15BrN2O/c21-15-8-10-16(11-9-15)23-19(14-5-2-1-3-6-14)13-18-17(20(23)24)7-4-12-22-18/h1-12,19H,13H2. The Kier molecular flexibility index (Phi) is 3.90. The molecular weight excluding hydrogens is 364 g/mol. The Morgan fingerprint density at radius 3 is 2.46 bits per heavy atom. The number of fused-ring (bicyclic) bond motifs is 1. The summed E-state index contributed by atoms with van der Waals surface area (Å²) in [6, 6.07) is 21.6. The first-order chi connectivity index (χ1) is 11.7. The summed E-state index contributed by atoms with van der Waals surface area (Å²) in [6.07, 6.45) is 2.46. The van der Waals surface area contributed by atoms with Crippen LogP contribution >= 0.6 is 15.9 Å². The van der Waals surface area contributed by atoms with Crippen LogP contribution in [0.25, 0.3) is 0 Å². The summed E-state index contributed by atoms with van der Waals surface area (Å²) in [6.45, 7) is 0. The number of hydrogen-bond acceptors (Lipinski definition) is 2. The quantitative estimate of drug-likeness (QED) is 0.642. The summed E-state index contributed by atoms with van der Waals surface area (Å²) >= 11 is 3.46. The zero-order chi connectivity index (χ0) is 16.5. The predicted octanol–water partition coefficient (Wildman–Crippen LogP) is 4.79. The lowest BCUT2D eigenvalue weighted by molar-refractivity contribution is 0.0966. The Balaban J connectivity index is 1.86. The highest BCUT2D eigenvalue weighted by molar-refractivity contribution is 9.10. The van der Waals surface area contributed by atoms with Gasteiger partial charge in [-0.1, -0.05) is 46.3 Å². The van der Waals surface area contributed by atoms with Gasteiger partial charge in [-0.05, 0) is 42.0 Å². The van der Waals surface area contributed by atoms with Gasteiger partial charge in [-0.15, -0.1) is 0 Å². The second-order valence-corrected chi connectivity index (χ2v) is 6.70. The van der Waals surface area contributed by atoms with Gasteiger partial charge >= 0.3 is 0 Å². The van der Waals surface area contributed by atoms with Crippen LogP contribution in [0.5, 0.6) is 0 Å². The van der Waals surface area contributed by atoms with Crippen molar-refractivity contribution < 1.29 is 4.79 Å². The van der Waals surface area contributed by atoms with E-state index in [0.29, 0.717) is 12.0 Å². The highest BCUT2D eigenvalue weighted by Gasteiger charge is 2.34. The third kappa shape index (κ3) is 2.63. The Labute approximate surface area is 149 Å². The number of rotatable bonds is 2. The lowest BCUT2D eigenvalue weighted by atomic mass is 9.92. The molecule has 3 nitrogen and oxygen atoms in total. The normalized spacial score (nSPS) is 16.8. The second-order valence-electron chi connectivity index (χ2n) is 5.78. The second kappa shape index (κ2) is 6.21. The molecule has 118 valence electrons. The van der Waals surface area contributed by atoms with E-state index in [4.69, 9.17) is 0 Å². The van der Waals surface area contributed by atoms with Crippen molar-refractivity contribution in [2.24, 2.45) is 0 Å². The van der Waals surface area contributed by atoms with Crippen LogP contribution in [0.3, 0.4) is 0 Å². The molecule has 2 heterocycles. The number of halogens is 1. The molecule has 1 aliphatic rings. The fourth-order valence-electron chi connectivity index (χ4n) is 3.18. The van der Waals surface area contributed by atoms with Gasteiger partial charge in [-0.2, -0.15) is 0 Å². The smallest absolute Gasteiger partial charge is 0.260 e. The van der Waals surface area contributed by atoms with Crippen LogP contribution in [-0.2, 0) is 6.42 Å². The average Bonchev–Trinajstić information content (AvgIpc) is 2.63. The Morgan fingerprint density at radius 2 is 1.71 bits per heavy atom. The number of pyridine rings is 1. The SMILES string of the molecule is O=C1c2cccnc2CC(c2ccccc2)N1c1ccc(Br)cc1. The van der Waals surface area contributed by atoms with Crippen molar-refractivity contribution in [1.82, 2.24) is 4.98 Å². The summed E-state index contributed by atoms with van der Waals surface area (Å²) in [5.41, 5.74) is 3.56. The van der Waals surface area contributed by atoms with Crippen LogP contribution in [0.1, 0.15) is 27.7 Å². The van der Waals surface area contributed by atoms with Gasteiger partial charge in [0.15, 0.2) is 0 Å². The van der Waals surface area contributed by atoms with Gasteiger partial charge in [-0.25, -0.2) is 0 Å². The number of amides is 1. The minimum Gasteiger partial charge on any atom is -0.300 e. The summed E-state index contributed by atoms with van der Waals surface area (Å²) in [5, 5.41) is 0. The predicted molar refractivity (Wildman–Crippen MR) is 98.1 cm³/mol. The number of aromatic nitrogens is 1. The number of nitrogens with zero attached hydrogens (tertiary/aromatic N) is 2. The number of carbonyl (C=O) groups excluding carboxylic acids is 1. The van der Waals surface area contributed by atoms with Crippen LogP contribution in [0, 0.1) is 0 Å². The minimum absolute atomic E-state index is 0.000487. The molecule has 0 radical (unpaired) electrons. The van der Waals surface area contributed by atoms with Gasteiger partial charge in [0.05, 0.1) is 17.3 Å². The van der Waals surface area contributed by atoms with Gasteiger partial charge in [0.2, 0.25) is 0 Å². The average molecular weight is 379 g/mol. The topological polar surface area (TPSA) is 33.2 Å². The van der Waals surface area contributed by atoms with Gasteiger partial charge in [0, 0.05) is 22.8 Å². The van der Waals surface area contributed by atoms with Gasteiger partial charge in [0.1, 0.15) is 0 Å². The molecule has 1 amide bonds. The lowest BCUT2D eigenvalue weighted by Crippen LogP contribution is -2.40. The molecule has 0 saturated carbocycles. The van der Waals surface area contributed by atoms with Crippen molar-refractivity contribution in [2.45, 2.75) is 12.5 Å². The molecule has 4 rings (SSSR count). The fourth-order valence-corrected chi connectivity index (χ4v) is 3.45. The first-order valence-electron chi connectivity index (χ1n) is 7.82. The molecule has 1 unspecified atom stereocenters. The number of anilines is 1. The molecule has 24 heavy (non-hydrogen) atoms. The molecule has 1 aliphatic heterocycles. The molecule has 0 fully saturated rings. The third-order valence-corrected chi connectivity index (χ3v) is 4.86. The minimum atomic E-state index is -0.0534.